The third-order valence-electron chi connectivity index (χ3n) is 3.86. The molecule has 0 saturated heterocycles. The van der Waals surface area contributed by atoms with Crippen LogP contribution in [0.2, 0.25) is 0 Å². The van der Waals surface area contributed by atoms with Gasteiger partial charge in [0.25, 0.3) is 0 Å². The molecule has 2 aromatic rings. The third-order valence-corrected chi connectivity index (χ3v) is 3.86. The van der Waals surface area contributed by atoms with Crippen LogP contribution in [0.4, 0.5) is 5.69 Å². The number of benzene rings is 2. The Labute approximate surface area is 163 Å². The Morgan fingerprint density at radius 1 is 0.889 bits per heavy atom. The summed E-state index contributed by atoms with van der Waals surface area (Å²) in [6, 6.07) is 13.0. The number of rotatable bonds is 9. The fraction of sp³-hybridized carbons (Fsp3) is 0.409. The molecule has 0 bridgehead atoms. The van der Waals surface area contributed by atoms with Gasteiger partial charge in [0, 0.05) is 13.2 Å². The van der Waals surface area contributed by atoms with Crippen molar-refractivity contribution >= 4 is 18.3 Å². The van der Waals surface area contributed by atoms with Crippen molar-refractivity contribution in [2.75, 3.05) is 13.2 Å². The molecule has 0 aliphatic heterocycles. The summed E-state index contributed by atoms with van der Waals surface area (Å²) in [5, 5.41) is 0. The van der Waals surface area contributed by atoms with Crippen LogP contribution < -0.4 is 10.2 Å². The first-order chi connectivity index (χ1) is 12.9. The lowest BCUT2D eigenvalue weighted by Crippen LogP contribution is -2.40. The first-order valence-corrected chi connectivity index (χ1v) is 9.38. The minimum absolute atomic E-state index is 0.373. The van der Waals surface area contributed by atoms with Crippen LogP contribution in [0.25, 0.3) is 4.85 Å². The minimum atomic E-state index is -0.373. The number of aryl methyl sites for hydroxylation is 1. The molecule has 0 heterocycles. The van der Waals surface area contributed by atoms with E-state index >= 15 is 0 Å². The minimum Gasteiger partial charge on any atom is -0.457 e. The van der Waals surface area contributed by atoms with E-state index in [1.54, 1.807) is 24.3 Å². The van der Waals surface area contributed by atoms with Crippen LogP contribution in [-0.4, -0.2) is 20.3 Å². The summed E-state index contributed by atoms with van der Waals surface area (Å²) in [4.78, 5) is 3.39. The van der Waals surface area contributed by atoms with E-state index in [4.69, 9.17) is 20.6 Å². The van der Waals surface area contributed by atoms with Gasteiger partial charge in [0.1, 0.15) is 11.5 Å². The average Bonchev–Trinajstić information content (AvgIpc) is 2.63. The van der Waals surface area contributed by atoms with Crippen molar-refractivity contribution in [1.82, 2.24) is 0 Å². The summed E-state index contributed by atoms with van der Waals surface area (Å²) in [6.07, 6.45) is 0. The van der Waals surface area contributed by atoms with Crippen molar-refractivity contribution in [3.8, 4) is 11.5 Å². The molecule has 4 nitrogen and oxygen atoms in total. The largest absolute Gasteiger partial charge is 0.494 e. The van der Waals surface area contributed by atoms with Crippen LogP contribution >= 0.6 is 0 Å². The summed E-state index contributed by atoms with van der Waals surface area (Å²) in [7, 11) is -0.373. The van der Waals surface area contributed by atoms with Gasteiger partial charge in [-0.1, -0.05) is 45.9 Å². The smallest absolute Gasteiger partial charge is 0.457 e. The molecule has 0 saturated carbocycles. The molecule has 5 heteroatoms. The molecule has 0 amide bonds. The highest BCUT2D eigenvalue weighted by atomic mass is 16.6. The van der Waals surface area contributed by atoms with Crippen LogP contribution in [0, 0.1) is 25.3 Å². The molecule has 0 aromatic heterocycles. The molecule has 0 N–H and O–H groups in total. The SMILES string of the molecule is [C-]#[N+]c1ccc(Oc2ccc(B(OCC(C)C)OCC(C)C)c(C)c2)cc1. The zero-order chi connectivity index (χ0) is 19.8. The van der Waals surface area contributed by atoms with Gasteiger partial charge in [-0.15, -0.1) is 0 Å². The normalized spacial score (nSPS) is 10.9. The molecular formula is C22H28BNO3. The molecule has 142 valence electrons. The lowest BCUT2D eigenvalue weighted by molar-refractivity contribution is 0.172. The van der Waals surface area contributed by atoms with Crippen molar-refractivity contribution in [3.05, 3.63) is 59.4 Å². The summed E-state index contributed by atoms with van der Waals surface area (Å²) in [5.74, 6) is 2.34. The first kappa shape index (κ1) is 21.0. The van der Waals surface area contributed by atoms with Crippen LogP contribution in [0.15, 0.2) is 42.5 Å². The molecule has 0 fully saturated rings. The van der Waals surface area contributed by atoms with Crippen LogP contribution in [0.5, 0.6) is 11.5 Å². The van der Waals surface area contributed by atoms with Crippen molar-refractivity contribution in [1.29, 1.82) is 0 Å². The van der Waals surface area contributed by atoms with Gasteiger partial charge in [0.05, 0.1) is 6.57 Å². The Hall–Kier alpha value is -2.29. The van der Waals surface area contributed by atoms with E-state index in [2.05, 4.69) is 32.5 Å². The average molecular weight is 365 g/mol. The van der Waals surface area contributed by atoms with Gasteiger partial charge in [-0.25, -0.2) is 4.85 Å². The molecule has 2 rings (SSSR count). The van der Waals surface area contributed by atoms with Crippen LogP contribution in [0.3, 0.4) is 0 Å². The van der Waals surface area contributed by atoms with E-state index in [-0.39, 0.29) is 7.12 Å². The Kier molecular flexibility index (Phi) is 7.90. The standard InChI is InChI=1S/C22H28BNO3/c1-16(2)14-25-23(26-15-17(3)4)22-12-11-21(13-18(22)5)27-20-9-7-19(24-6)8-10-20/h7-13,16-17H,14-15H2,1-5H3. The van der Waals surface area contributed by atoms with Crippen molar-refractivity contribution in [2.24, 2.45) is 11.8 Å². The third kappa shape index (κ3) is 6.75. The molecule has 27 heavy (non-hydrogen) atoms. The number of nitrogens with zero attached hydrogens (tertiary/aromatic N) is 1. The summed E-state index contributed by atoms with van der Waals surface area (Å²) in [6.45, 7) is 18.8. The number of hydrogen-bond acceptors (Lipinski definition) is 3. The highest BCUT2D eigenvalue weighted by Crippen LogP contribution is 2.24. The Morgan fingerprint density at radius 3 is 1.93 bits per heavy atom. The highest BCUT2D eigenvalue weighted by Gasteiger charge is 2.24. The second-order valence-corrected chi connectivity index (χ2v) is 7.51. The summed E-state index contributed by atoms with van der Waals surface area (Å²) >= 11 is 0. The van der Waals surface area contributed by atoms with Gasteiger partial charge in [-0.05, 0) is 54.1 Å². The molecule has 0 spiro atoms. The van der Waals surface area contributed by atoms with E-state index in [0.717, 1.165) is 16.8 Å². The molecule has 0 aliphatic rings. The number of ether oxygens (including phenoxy) is 1. The Bertz CT molecular complexity index is 754. The van der Waals surface area contributed by atoms with Gasteiger partial charge in [0.2, 0.25) is 0 Å². The maximum absolute atomic E-state index is 7.01. The van der Waals surface area contributed by atoms with Crippen LogP contribution in [0.1, 0.15) is 33.3 Å². The monoisotopic (exact) mass is 365 g/mol. The molecule has 0 atom stereocenters. The second kappa shape index (κ2) is 10.2. The van der Waals surface area contributed by atoms with E-state index in [0.29, 0.717) is 36.5 Å². The molecule has 0 aliphatic carbocycles. The van der Waals surface area contributed by atoms with Gasteiger partial charge in [-0.2, -0.15) is 0 Å². The lowest BCUT2D eigenvalue weighted by atomic mass is 9.75. The van der Waals surface area contributed by atoms with Crippen molar-refractivity contribution < 1.29 is 14.0 Å². The lowest BCUT2D eigenvalue weighted by Gasteiger charge is -2.19. The van der Waals surface area contributed by atoms with Crippen molar-refractivity contribution in [3.63, 3.8) is 0 Å². The summed E-state index contributed by atoms with van der Waals surface area (Å²) < 4.78 is 17.9. The van der Waals surface area contributed by atoms with E-state index < -0.39 is 0 Å². The Morgan fingerprint density at radius 2 is 1.44 bits per heavy atom. The van der Waals surface area contributed by atoms with Gasteiger partial charge < -0.3 is 14.0 Å². The van der Waals surface area contributed by atoms with E-state index in [9.17, 15) is 0 Å². The zero-order valence-corrected chi connectivity index (χ0v) is 16.9. The quantitative estimate of drug-likeness (QED) is 0.442. The van der Waals surface area contributed by atoms with Gasteiger partial charge >= 0.3 is 7.12 Å². The second-order valence-electron chi connectivity index (χ2n) is 7.51. The van der Waals surface area contributed by atoms with Gasteiger partial charge in [0.15, 0.2) is 5.69 Å². The predicted molar refractivity (Wildman–Crippen MR) is 111 cm³/mol. The molecule has 0 unspecified atom stereocenters. The fourth-order valence-electron chi connectivity index (χ4n) is 2.49. The predicted octanol–water partition coefficient (Wildman–Crippen LogP) is 5.38. The fourth-order valence-corrected chi connectivity index (χ4v) is 2.49. The maximum Gasteiger partial charge on any atom is 0.494 e. The molecule has 0 radical (unpaired) electrons. The first-order valence-electron chi connectivity index (χ1n) is 9.38. The zero-order valence-electron chi connectivity index (χ0n) is 16.9. The van der Waals surface area contributed by atoms with E-state index in [1.807, 2.05) is 25.1 Å². The number of hydrogen-bond donors (Lipinski definition) is 0. The van der Waals surface area contributed by atoms with Gasteiger partial charge in [-0.3, -0.25) is 0 Å². The summed E-state index contributed by atoms with van der Waals surface area (Å²) in [5.41, 5.74) is 2.68. The Balaban J connectivity index is 2.14. The highest BCUT2D eigenvalue weighted by molar-refractivity contribution is 6.61. The molecular weight excluding hydrogens is 337 g/mol. The maximum atomic E-state index is 7.01. The topological polar surface area (TPSA) is 32.0 Å². The van der Waals surface area contributed by atoms with Crippen LogP contribution in [-0.2, 0) is 9.31 Å². The van der Waals surface area contributed by atoms with E-state index in [1.165, 1.54) is 0 Å². The van der Waals surface area contributed by atoms with Crippen molar-refractivity contribution in [2.45, 2.75) is 34.6 Å². The molecule has 2 aromatic carbocycles.